The van der Waals surface area contributed by atoms with E-state index in [9.17, 15) is 0 Å². The normalized spacial score (nSPS) is 19.3. The molecule has 1 aliphatic rings. The summed E-state index contributed by atoms with van der Waals surface area (Å²) in [5.74, 6) is 0.669. The van der Waals surface area contributed by atoms with Crippen molar-refractivity contribution in [2.45, 2.75) is 53.6 Å². The van der Waals surface area contributed by atoms with Gasteiger partial charge in [-0.25, -0.2) is 0 Å². The predicted octanol–water partition coefficient (Wildman–Crippen LogP) is 2.15. The number of hydrogen-bond acceptors (Lipinski definition) is 4. The van der Waals surface area contributed by atoms with E-state index >= 15 is 0 Å². The highest BCUT2D eigenvalue weighted by Gasteiger charge is 2.25. The van der Waals surface area contributed by atoms with Gasteiger partial charge in [0.15, 0.2) is 0 Å². The summed E-state index contributed by atoms with van der Waals surface area (Å²) in [5.41, 5.74) is 1.50. The number of likely N-dealkylation sites (tertiary alicyclic amines) is 1. The van der Waals surface area contributed by atoms with Crippen LogP contribution in [0.3, 0.4) is 0 Å². The molecule has 0 atom stereocenters. The van der Waals surface area contributed by atoms with Crippen molar-refractivity contribution in [3.63, 3.8) is 0 Å². The molecule has 1 N–H and O–H groups in total. The first-order valence-corrected chi connectivity index (χ1v) is 8.27. The lowest BCUT2D eigenvalue weighted by Crippen LogP contribution is -2.41. The third-order valence-electron chi connectivity index (χ3n) is 4.07. The van der Waals surface area contributed by atoms with Crippen molar-refractivity contribution in [1.29, 1.82) is 0 Å². The van der Waals surface area contributed by atoms with Gasteiger partial charge in [0.25, 0.3) is 0 Å². The highest BCUT2D eigenvalue weighted by atomic mass is 15.4. The van der Waals surface area contributed by atoms with Crippen LogP contribution in [0.1, 0.15) is 46.2 Å². The molecule has 0 bridgehead atoms. The topological polar surface area (TPSA) is 46.0 Å². The molecule has 0 amide bonds. The number of piperidine rings is 1. The Bertz CT molecular complexity index is 424. The maximum absolute atomic E-state index is 4.24. The molecule has 1 aliphatic heterocycles. The fourth-order valence-corrected chi connectivity index (χ4v) is 3.00. The molecule has 0 unspecified atom stereocenters. The summed E-state index contributed by atoms with van der Waals surface area (Å²) >= 11 is 0. The van der Waals surface area contributed by atoms with E-state index in [0.717, 1.165) is 31.9 Å². The first-order valence-electron chi connectivity index (χ1n) is 8.27. The summed E-state index contributed by atoms with van der Waals surface area (Å²) in [6, 6.07) is 0. The van der Waals surface area contributed by atoms with Crippen LogP contribution >= 0.6 is 0 Å². The molecule has 2 rings (SSSR count). The van der Waals surface area contributed by atoms with Crippen molar-refractivity contribution in [1.82, 2.24) is 25.2 Å². The first-order chi connectivity index (χ1) is 9.94. The minimum absolute atomic E-state index is 0.465. The van der Waals surface area contributed by atoms with Crippen molar-refractivity contribution < 1.29 is 0 Å². The Morgan fingerprint density at radius 2 is 2.14 bits per heavy atom. The second-order valence-corrected chi connectivity index (χ2v) is 7.54. The average molecular weight is 293 g/mol. The van der Waals surface area contributed by atoms with Gasteiger partial charge >= 0.3 is 0 Å². The first kappa shape index (κ1) is 16.4. The van der Waals surface area contributed by atoms with Gasteiger partial charge in [0, 0.05) is 25.8 Å². The van der Waals surface area contributed by atoms with E-state index in [4.69, 9.17) is 0 Å². The minimum atomic E-state index is 0.465. The van der Waals surface area contributed by atoms with Crippen LogP contribution < -0.4 is 5.32 Å². The molecule has 1 aromatic heterocycles. The summed E-state index contributed by atoms with van der Waals surface area (Å²) in [6.07, 6.45) is 4.73. The van der Waals surface area contributed by atoms with Crippen molar-refractivity contribution in [2.75, 3.05) is 26.2 Å². The molecule has 0 radical (unpaired) electrons. The Hall–Kier alpha value is -0.940. The van der Waals surface area contributed by atoms with E-state index in [2.05, 4.69) is 54.4 Å². The molecule has 5 nitrogen and oxygen atoms in total. The van der Waals surface area contributed by atoms with Gasteiger partial charge in [-0.3, -0.25) is 4.68 Å². The quantitative estimate of drug-likeness (QED) is 0.837. The lowest BCUT2D eigenvalue weighted by molar-refractivity contribution is 0.113. The zero-order chi connectivity index (χ0) is 15.3. The SMILES string of the molecule is CC(C)CNCc1cn(CCN2CCCC(C)(C)C2)nn1. The van der Waals surface area contributed by atoms with E-state index in [1.54, 1.807) is 0 Å². The zero-order valence-electron chi connectivity index (χ0n) is 14.1. The molecule has 5 heteroatoms. The van der Waals surface area contributed by atoms with E-state index in [-0.39, 0.29) is 0 Å². The van der Waals surface area contributed by atoms with Crippen LogP contribution in [0.4, 0.5) is 0 Å². The smallest absolute Gasteiger partial charge is 0.0964 e. The molecule has 0 aromatic carbocycles. The summed E-state index contributed by atoms with van der Waals surface area (Å²) in [4.78, 5) is 2.56. The van der Waals surface area contributed by atoms with Gasteiger partial charge in [0.1, 0.15) is 0 Å². The zero-order valence-corrected chi connectivity index (χ0v) is 14.1. The molecule has 120 valence electrons. The van der Waals surface area contributed by atoms with Gasteiger partial charge in [-0.05, 0) is 37.3 Å². The average Bonchev–Trinajstić information content (AvgIpc) is 2.83. The van der Waals surface area contributed by atoms with E-state index < -0.39 is 0 Å². The van der Waals surface area contributed by atoms with Crippen LogP contribution in [-0.2, 0) is 13.1 Å². The molecule has 0 aliphatic carbocycles. The minimum Gasteiger partial charge on any atom is -0.311 e. The number of nitrogens with one attached hydrogen (secondary N) is 1. The number of rotatable bonds is 7. The summed E-state index contributed by atoms with van der Waals surface area (Å²) in [6.45, 7) is 15.4. The van der Waals surface area contributed by atoms with Crippen molar-refractivity contribution in [3.8, 4) is 0 Å². The highest BCUT2D eigenvalue weighted by molar-refractivity contribution is 4.91. The van der Waals surface area contributed by atoms with E-state index in [1.807, 2.05) is 4.68 Å². The summed E-state index contributed by atoms with van der Waals surface area (Å²) in [5, 5.41) is 11.9. The van der Waals surface area contributed by atoms with Crippen molar-refractivity contribution in [3.05, 3.63) is 11.9 Å². The number of hydrogen-bond donors (Lipinski definition) is 1. The van der Waals surface area contributed by atoms with Gasteiger partial charge in [0.05, 0.1) is 12.2 Å². The van der Waals surface area contributed by atoms with Crippen LogP contribution in [0.25, 0.3) is 0 Å². The maximum Gasteiger partial charge on any atom is 0.0964 e. The predicted molar refractivity (Wildman–Crippen MR) is 86.0 cm³/mol. The fourth-order valence-electron chi connectivity index (χ4n) is 3.00. The Labute approximate surface area is 129 Å². The molecule has 21 heavy (non-hydrogen) atoms. The van der Waals surface area contributed by atoms with Crippen LogP contribution in [-0.4, -0.2) is 46.1 Å². The van der Waals surface area contributed by atoms with Crippen LogP contribution in [0.2, 0.25) is 0 Å². The lowest BCUT2D eigenvalue weighted by Gasteiger charge is -2.37. The Balaban J connectivity index is 1.72. The van der Waals surface area contributed by atoms with Crippen LogP contribution in [0, 0.1) is 11.3 Å². The molecule has 1 aromatic rings. The fraction of sp³-hybridized carbons (Fsp3) is 0.875. The summed E-state index contributed by atoms with van der Waals surface area (Å²) in [7, 11) is 0. The van der Waals surface area contributed by atoms with Gasteiger partial charge < -0.3 is 10.2 Å². The van der Waals surface area contributed by atoms with Gasteiger partial charge in [-0.2, -0.15) is 0 Å². The number of nitrogens with zero attached hydrogens (tertiary/aromatic N) is 4. The van der Waals surface area contributed by atoms with E-state index in [1.165, 1.54) is 25.9 Å². The standard InChI is InChI=1S/C16H31N5/c1-14(2)10-17-11-15-12-21(19-18-15)9-8-20-7-5-6-16(3,4)13-20/h12,14,17H,5-11,13H2,1-4H3. The van der Waals surface area contributed by atoms with Gasteiger partial charge in [-0.1, -0.05) is 32.9 Å². The lowest BCUT2D eigenvalue weighted by atomic mass is 9.84. The third-order valence-corrected chi connectivity index (χ3v) is 4.07. The van der Waals surface area contributed by atoms with Crippen LogP contribution in [0.15, 0.2) is 6.20 Å². The number of aromatic nitrogens is 3. The van der Waals surface area contributed by atoms with Crippen molar-refractivity contribution >= 4 is 0 Å². The molecule has 0 spiro atoms. The Morgan fingerprint density at radius 3 is 2.86 bits per heavy atom. The largest absolute Gasteiger partial charge is 0.311 e. The monoisotopic (exact) mass is 293 g/mol. The highest BCUT2D eigenvalue weighted by Crippen LogP contribution is 2.28. The van der Waals surface area contributed by atoms with Crippen LogP contribution in [0.5, 0.6) is 0 Å². The maximum atomic E-state index is 4.24. The van der Waals surface area contributed by atoms with Crippen molar-refractivity contribution in [2.24, 2.45) is 11.3 Å². The van der Waals surface area contributed by atoms with Gasteiger partial charge in [0.2, 0.25) is 0 Å². The molecular weight excluding hydrogens is 262 g/mol. The molecule has 2 heterocycles. The second kappa shape index (κ2) is 7.36. The third kappa shape index (κ3) is 5.75. The Morgan fingerprint density at radius 1 is 1.33 bits per heavy atom. The van der Waals surface area contributed by atoms with E-state index in [0.29, 0.717) is 11.3 Å². The molecule has 1 saturated heterocycles. The Kier molecular flexibility index (Phi) is 5.76. The van der Waals surface area contributed by atoms with Gasteiger partial charge in [-0.15, -0.1) is 5.10 Å². The molecule has 0 saturated carbocycles. The summed E-state index contributed by atoms with van der Waals surface area (Å²) < 4.78 is 1.98. The molecule has 1 fully saturated rings. The second-order valence-electron chi connectivity index (χ2n) is 7.54. The molecular formula is C16H31N5.